The summed E-state index contributed by atoms with van der Waals surface area (Å²) in [6.45, 7) is 8.48. The number of para-hydroxylation sites is 1. The van der Waals surface area contributed by atoms with E-state index in [0.29, 0.717) is 32.5 Å². The minimum absolute atomic E-state index is 0.00992. The molecule has 0 bridgehead atoms. The number of hydrogen-bond donors (Lipinski definition) is 1. The molecule has 5 unspecified atom stereocenters. The maximum Gasteiger partial charge on any atom is 0.305 e. The van der Waals surface area contributed by atoms with Gasteiger partial charge in [-0.1, -0.05) is 24.3 Å². The second-order valence-corrected chi connectivity index (χ2v) is 8.84. The Hall–Kier alpha value is -2.44. The summed E-state index contributed by atoms with van der Waals surface area (Å²) in [4.78, 5) is 11.5. The second-order valence-electron chi connectivity index (χ2n) is 8.84. The molecular formula is C28H41NO7. The molecule has 1 fully saturated rings. The number of rotatable bonds is 15. The molecule has 1 aromatic rings. The summed E-state index contributed by atoms with van der Waals surface area (Å²) in [5, 5.41) is 20.7. The lowest BCUT2D eigenvalue weighted by Gasteiger charge is -2.26. The monoisotopic (exact) mass is 503 g/mol. The Bertz CT molecular complexity index is 881. The predicted molar refractivity (Wildman–Crippen MR) is 135 cm³/mol. The lowest BCUT2D eigenvalue weighted by Crippen LogP contribution is -2.27. The summed E-state index contributed by atoms with van der Waals surface area (Å²) in [6.07, 6.45) is 5.01. The summed E-state index contributed by atoms with van der Waals surface area (Å²) >= 11 is 0. The smallest absolute Gasteiger partial charge is 0.305 e. The third-order valence-electron chi connectivity index (χ3n) is 6.40. The number of carbonyl (C=O) groups excluding carboxylic acids is 1. The molecule has 0 heterocycles. The minimum Gasteiger partial charge on any atom is -0.507 e. The van der Waals surface area contributed by atoms with Crippen LogP contribution in [0.5, 0.6) is 5.75 Å². The normalized spacial score (nSPS) is 22.3. The van der Waals surface area contributed by atoms with Gasteiger partial charge in [0.25, 0.3) is 0 Å². The van der Waals surface area contributed by atoms with Crippen molar-refractivity contribution < 1.29 is 33.6 Å². The van der Waals surface area contributed by atoms with Crippen LogP contribution >= 0.6 is 0 Å². The first kappa shape index (κ1) is 29.8. The van der Waals surface area contributed by atoms with Crippen LogP contribution in [0.25, 0.3) is 0 Å². The van der Waals surface area contributed by atoms with E-state index in [9.17, 15) is 15.2 Å². The zero-order valence-corrected chi connectivity index (χ0v) is 22.1. The van der Waals surface area contributed by atoms with E-state index < -0.39 is 12.4 Å². The Morgan fingerprint density at radius 3 is 2.58 bits per heavy atom. The van der Waals surface area contributed by atoms with Gasteiger partial charge in [-0.25, -0.2) is 0 Å². The van der Waals surface area contributed by atoms with Gasteiger partial charge in [0.2, 0.25) is 0 Å². The first-order chi connectivity index (χ1) is 17.3. The van der Waals surface area contributed by atoms with Crippen LogP contribution in [0.15, 0.2) is 30.4 Å². The van der Waals surface area contributed by atoms with Gasteiger partial charge >= 0.3 is 5.97 Å². The third-order valence-corrected chi connectivity index (χ3v) is 6.40. The summed E-state index contributed by atoms with van der Waals surface area (Å²) in [5.74, 6) is -0.111. The highest BCUT2D eigenvalue weighted by atomic mass is 16.7. The quantitative estimate of drug-likeness (QED) is 0.202. The van der Waals surface area contributed by atoms with Crippen molar-refractivity contribution in [2.75, 3.05) is 20.3 Å². The second kappa shape index (κ2) is 15.6. The molecule has 0 spiro atoms. The average Bonchev–Trinajstić information content (AvgIpc) is 3.24. The molecule has 1 aromatic carbocycles. The Balaban J connectivity index is 2.27. The molecule has 1 aliphatic rings. The van der Waals surface area contributed by atoms with E-state index in [1.165, 1.54) is 7.11 Å². The van der Waals surface area contributed by atoms with Crippen LogP contribution in [0.3, 0.4) is 0 Å². The molecule has 36 heavy (non-hydrogen) atoms. The molecule has 1 N–H and O–H groups in total. The van der Waals surface area contributed by atoms with Crippen molar-refractivity contribution in [3.8, 4) is 11.8 Å². The highest BCUT2D eigenvalue weighted by molar-refractivity contribution is 5.69. The zero-order valence-electron chi connectivity index (χ0n) is 22.1. The standard InChI is InChI=1S/C28H41NO7/c1-6-33-19(3)35-22(18-29)14-15-24-23(16-17-26(24)36-20(4)34-7-2)25-12-8-10-21(28(25)31)11-9-13-27(30)32-5/h8,10,12,14-15,19-20,22-24,26,31H,6-7,9,11,13,16-17H2,1-5H3/b15-14+/t19?,20?,22?,23-,24?,26?/m0/s1. The van der Waals surface area contributed by atoms with Crippen molar-refractivity contribution in [2.45, 2.75) is 90.5 Å². The van der Waals surface area contributed by atoms with Crippen LogP contribution in [0.1, 0.15) is 70.4 Å². The number of methoxy groups -OCH3 is 1. The van der Waals surface area contributed by atoms with Crippen LogP contribution in [-0.4, -0.2) is 56.2 Å². The number of phenolic OH excluding ortho intramolecular Hbond substituents is 1. The van der Waals surface area contributed by atoms with Crippen LogP contribution in [0.4, 0.5) is 0 Å². The molecule has 0 aromatic heterocycles. The van der Waals surface area contributed by atoms with E-state index in [0.717, 1.165) is 24.0 Å². The van der Waals surface area contributed by atoms with Crippen LogP contribution in [0.2, 0.25) is 0 Å². The van der Waals surface area contributed by atoms with Gasteiger partial charge in [0, 0.05) is 25.6 Å². The highest BCUT2D eigenvalue weighted by Crippen LogP contribution is 2.46. The number of aryl methyl sites for hydroxylation is 1. The lowest BCUT2D eigenvalue weighted by molar-refractivity contribution is -0.162. The predicted octanol–water partition coefficient (Wildman–Crippen LogP) is 5.00. The minimum atomic E-state index is -0.768. The van der Waals surface area contributed by atoms with Crippen LogP contribution < -0.4 is 0 Å². The molecule has 0 radical (unpaired) electrons. The molecule has 1 saturated carbocycles. The van der Waals surface area contributed by atoms with Gasteiger partial charge in [0.1, 0.15) is 5.75 Å². The molecule has 1 aliphatic carbocycles. The Morgan fingerprint density at radius 1 is 1.19 bits per heavy atom. The Kier molecular flexibility index (Phi) is 12.9. The van der Waals surface area contributed by atoms with Crippen molar-refractivity contribution in [3.63, 3.8) is 0 Å². The van der Waals surface area contributed by atoms with E-state index in [1.54, 1.807) is 13.0 Å². The fourth-order valence-electron chi connectivity index (χ4n) is 4.75. The number of nitriles is 1. The van der Waals surface area contributed by atoms with Crippen molar-refractivity contribution in [3.05, 3.63) is 41.5 Å². The highest BCUT2D eigenvalue weighted by Gasteiger charge is 2.38. The van der Waals surface area contributed by atoms with E-state index in [-0.39, 0.29) is 35.9 Å². The summed E-state index contributed by atoms with van der Waals surface area (Å²) in [7, 11) is 1.37. The first-order valence-corrected chi connectivity index (χ1v) is 12.8. The van der Waals surface area contributed by atoms with E-state index in [1.807, 2.05) is 45.0 Å². The number of hydrogen-bond acceptors (Lipinski definition) is 8. The molecule has 8 heteroatoms. The van der Waals surface area contributed by atoms with E-state index in [4.69, 9.17) is 23.7 Å². The Labute approximate surface area is 215 Å². The van der Waals surface area contributed by atoms with Gasteiger partial charge in [-0.2, -0.15) is 5.26 Å². The number of nitrogens with zero attached hydrogens (tertiary/aromatic N) is 1. The van der Waals surface area contributed by atoms with Crippen molar-refractivity contribution >= 4 is 5.97 Å². The van der Waals surface area contributed by atoms with Crippen molar-refractivity contribution in [2.24, 2.45) is 5.92 Å². The van der Waals surface area contributed by atoms with Gasteiger partial charge in [-0.05, 0) is 76.5 Å². The fourth-order valence-corrected chi connectivity index (χ4v) is 4.75. The molecule has 2 rings (SSSR count). The molecule has 0 aliphatic heterocycles. The average molecular weight is 504 g/mol. The van der Waals surface area contributed by atoms with Crippen molar-refractivity contribution in [1.29, 1.82) is 5.26 Å². The fraction of sp³-hybridized carbons (Fsp3) is 0.643. The first-order valence-electron chi connectivity index (χ1n) is 12.8. The van der Waals surface area contributed by atoms with Crippen molar-refractivity contribution in [1.82, 2.24) is 0 Å². The molecule has 0 saturated heterocycles. The SMILES string of the molecule is CCOC(C)OC(C#N)/C=C/C1C(OC(C)OCC)CC[C@@H]1c1cccc(CCCC(=O)OC)c1O. The molecule has 6 atom stereocenters. The number of benzene rings is 1. The number of carbonyl (C=O) groups is 1. The van der Waals surface area contributed by atoms with Gasteiger partial charge in [-0.15, -0.1) is 0 Å². The van der Waals surface area contributed by atoms with Crippen LogP contribution in [0, 0.1) is 17.2 Å². The Morgan fingerprint density at radius 2 is 1.92 bits per heavy atom. The number of ether oxygens (including phenoxy) is 5. The zero-order chi connectivity index (χ0) is 26.5. The molecule has 0 amide bonds. The van der Waals surface area contributed by atoms with E-state index in [2.05, 4.69) is 6.07 Å². The van der Waals surface area contributed by atoms with Gasteiger partial charge in [0.15, 0.2) is 18.7 Å². The van der Waals surface area contributed by atoms with E-state index >= 15 is 0 Å². The molecule has 200 valence electrons. The number of aromatic hydroxyl groups is 1. The molecule has 8 nitrogen and oxygen atoms in total. The summed E-state index contributed by atoms with van der Waals surface area (Å²) in [5.41, 5.74) is 1.64. The maximum atomic E-state index is 11.5. The summed E-state index contributed by atoms with van der Waals surface area (Å²) in [6, 6.07) is 7.92. The van der Waals surface area contributed by atoms with Gasteiger partial charge in [0.05, 0.1) is 19.3 Å². The molecular weight excluding hydrogens is 462 g/mol. The number of esters is 1. The summed E-state index contributed by atoms with van der Waals surface area (Å²) < 4.78 is 27.6. The van der Waals surface area contributed by atoms with Gasteiger partial charge in [-0.3, -0.25) is 4.79 Å². The number of phenols is 1. The van der Waals surface area contributed by atoms with Gasteiger partial charge < -0.3 is 28.8 Å². The van der Waals surface area contributed by atoms with Crippen LogP contribution in [-0.2, 0) is 34.9 Å². The topological polar surface area (TPSA) is 107 Å². The third kappa shape index (κ3) is 8.90. The largest absolute Gasteiger partial charge is 0.507 e. The maximum absolute atomic E-state index is 11.5. The lowest BCUT2D eigenvalue weighted by atomic mass is 9.85.